The first-order chi connectivity index (χ1) is 11.5. The summed E-state index contributed by atoms with van der Waals surface area (Å²) in [7, 11) is 0. The summed E-state index contributed by atoms with van der Waals surface area (Å²) in [5.41, 5.74) is 0.464. The molecule has 0 radical (unpaired) electrons. The number of hydrogen-bond donors (Lipinski definition) is 3. The third kappa shape index (κ3) is 3.68. The van der Waals surface area contributed by atoms with Crippen LogP contribution in [0.15, 0.2) is 24.3 Å². The Morgan fingerprint density at radius 2 is 2.04 bits per heavy atom. The van der Waals surface area contributed by atoms with Gasteiger partial charge in [0, 0.05) is 24.0 Å². The van der Waals surface area contributed by atoms with Gasteiger partial charge in [-0.15, -0.1) is 0 Å². The van der Waals surface area contributed by atoms with Gasteiger partial charge < -0.3 is 16.0 Å². The standard InChI is InChI=1S/C16H19ClN4O3/c17-10-1-3-12(4-2-10)21-15(23)13(20-16(21)24)5-6-14(22)19-11-7-8-18-9-11/h1-4,11,13,18H,5-9H2,(H,19,22)(H,20,24). The Balaban J connectivity index is 1.55. The Labute approximate surface area is 144 Å². The Kier molecular flexibility index (Phi) is 5.01. The first-order valence-electron chi connectivity index (χ1n) is 7.94. The van der Waals surface area contributed by atoms with E-state index in [0.717, 1.165) is 24.4 Å². The van der Waals surface area contributed by atoms with Crippen molar-refractivity contribution in [3.63, 3.8) is 0 Å². The zero-order valence-electron chi connectivity index (χ0n) is 13.0. The Morgan fingerprint density at radius 1 is 1.29 bits per heavy atom. The molecule has 0 spiro atoms. The number of rotatable bonds is 5. The van der Waals surface area contributed by atoms with Gasteiger partial charge in [-0.25, -0.2) is 9.69 Å². The second-order valence-electron chi connectivity index (χ2n) is 5.95. The topological polar surface area (TPSA) is 90.5 Å². The summed E-state index contributed by atoms with van der Waals surface area (Å²) in [4.78, 5) is 37.5. The number of urea groups is 1. The van der Waals surface area contributed by atoms with Crippen LogP contribution in [-0.4, -0.2) is 43.0 Å². The van der Waals surface area contributed by atoms with Crippen LogP contribution in [0.5, 0.6) is 0 Å². The van der Waals surface area contributed by atoms with E-state index in [1.807, 2.05) is 0 Å². The summed E-state index contributed by atoms with van der Waals surface area (Å²) in [6.45, 7) is 1.67. The maximum absolute atomic E-state index is 12.4. The van der Waals surface area contributed by atoms with Crippen molar-refractivity contribution in [1.29, 1.82) is 0 Å². The molecule has 2 fully saturated rings. The second-order valence-corrected chi connectivity index (χ2v) is 6.38. The molecule has 2 saturated heterocycles. The minimum Gasteiger partial charge on any atom is -0.352 e. The van der Waals surface area contributed by atoms with Crippen LogP contribution in [0.4, 0.5) is 10.5 Å². The van der Waals surface area contributed by atoms with Crippen molar-refractivity contribution in [3.8, 4) is 0 Å². The van der Waals surface area contributed by atoms with Gasteiger partial charge in [0.1, 0.15) is 6.04 Å². The van der Waals surface area contributed by atoms with E-state index in [4.69, 9.17) is 11.6 Å². The zero-order chi connectivity index (χ0) is 17.1. The largest absolute Gasteiger partial charge is 0.352 e. The fraction of sp³-hybridized carbons (Fsp3) is 0.438. The smallest absolute Gasteiger partial charge is 0.329 e. The van der Waals surface area contributed by atoms with Crippen molar-refractivity contribution in [1.82, 2.24) is 16.0 Å². The van der Waals surface area contributed by atoms with Crippen LogP contribution >= 0.6 is 11.6 Å². The van der Waals surface area contributed by atoms with E-state index in [-0.39, 0.29) is 30.7 Å². The molecule has 1 aromatic carbocycles. The van der Waals surface area contributed by atoms with Crippen molar-refractivity contribution in [2.45, 2.75) is 31.3 Å². The molecule has 0 aliphatic carbocycles. The van der Waals surface area contributed by atoms with Crippen LogP contribution < -0.4 is 20.9 Å². The van der Waals surface area contributed by atoms with Crippen LogP contribution in [0.25, 0.3) is 0 Å². The molecule has 0 saturated carbocycles. The quantitative estimate of drug-likeness (QED) is 0.692. The highest BCUT2D eigenvalue weighted by molar-refractivity contribution is 6.30. The fourth-order valence-corrected chi connectivity index (χ4v) is 3.04. The van der Waals surface area contributed by atoms with E-state index in [9.17, 15) is 14.4 Å². The lowest BCUT2D eigenvalue weighted by Gasteiger charge is -2.14. The summed E-state index contributed by atoms with van der Waals surface area (Å²) < 4.78 is 0. The third-order valence-electron chi connectivity index (χ3n) is 4.19. The summed E-state index contributed by atoms with van der Waals surface area (Å²) in [5, 5.41) is 9.25. The van der Waals surface area contributed by atoms with Crippen molar-refractivity contribution < 1.29 is 14.4 Å². The van der Waals surface area contributed by atoms with Gasteiger partial charge >= 0.3 is 6.03 Å². The molecule has 128 valence electrons. The molecule has 2 heterocycles. The molecule has 8 heteroatoms. The highest BCUT2D eigenvalue weighted by atomic mass is 35.5. The lowest BCUT2D eigenvalue weighted by Crippen LogP contribution is -2.38. The van der Waals surface area contributed by atoms with Crippen LogP contribution in [0.3, 0.4) is 0 Å². The van der Waals surface area contributed by atoms with Crippen molar-refractivity contribution in [2.75, 3.05) is 18.0 Å². The average Bonchev–Trinajstić information content (AvgIpc) is 3.15. The van der Waals surface area contributed by atoms with Gasteiger partial charge in [0.2, 0.25) is 5.91 Å². The minimum absolute atomic E-state index is 0.101. The predicted octanol–water partition coefficient (Wildman–Crippen LogP) is 1.02. The number of benzene rings is 1. The molecule has 3 rings (SSSR count). The first-order valence-corrected chi connectivity index (χ1v) is 8.32. The normalized spacial score (nSPS) is 23.5. The molecular formula is C16H19ClN4O3. The monoisotopic (exact) mass is 350 g/mol. The number of nitrogens with zero attached hydrogens (tertiary/aromatic N) is 1. The lowest BCUT2D eigenvalue weighted by atomic mass is 10.1. The number of carbonyl (C=O) groups excluding carboxylic acids is 3. The molecule has 0 bridgehead atoms. The fourth-order valence-electron chi connectivity index (χ4n) is 2.91. The van der Waals surface area contributed by atoms with Gasteiger partial charge in [0.05, 0.1) is 5.69 Å². The maximum Gasteiger partial charge on any atom is 0.329 e. The molecule has 0 aromatic heterocycles. The van der Waals surface area contributed by atoms with Gasteiger partial charge in [0.25, 0.3) is 5.91 Å². The van der Waals surface area contributed by atoms with Crippen molar-refractivity contribution in [3.05, 3.63) is 29.3 Å². The van der Waals surface area contributed by atoms with Crippen molar-refractivity contribution >= 4 is 35.1 Å². The lowest BCUT2D eigenvalue weighted by molar-refractivity contribution is -0.122. The minimum atomic E-state index is -0.680. The molecule has 3 N–H and O–H groups in total. The number of amides is 4. The Morgan fingerprint density at radius 3 is 2.71 bits per heavy atom. The number of halogens is 1. The second kappa shape index (κ2) is 7.19. The summed E-state index contributed by atoms with van der Waals surface area (Å²) >= 11 is 5.82. The highest BCUT2D eigenvalue weighted by Gasteiger charge is 2.38. The van der Waals surface area contributed by atoms with E-state index in [1.165, 1.54) is 0 Å². The summed E-state index contributed by atoms with van der Waals surface area (Å²) in [6.07, 6.45) is 1.39. The molecule has 2 aliphatic heterocycles. The van der Waals surface area contributed by atoms with E-state index in [2.05, 4.69) is 16.0 Å². The molecule has 1 aromatic rings. The van der Waals surface area contributed by atoms with Gasteiger partial charge in [0.15, 0.2) is 0 Å². The number of imide groups is 1. The maximum atomic E-state index is 12.4. The Bertz CT molecular complexity index is 643. The van der Waals surface area contributed by atoms with Crippen LogP contribution in [-0.2, 0) is 9.59 Å². The molecule has 2 atom stereocenters. The highest BCUT2D eigenvalue weighted by Crippen LogP contribution is 2.23. The van der Waals surface area contributed by atoms with E-state index in [1.54, 1.807) is 24.3 Å². The van der Waals surface area contributed by atoms with Crippen molar-refractivity contribution in [2.24, 2.45) is 0 Å². The third-order valence-corrected chi connectivity index (χ3v) is 4.44. The molecule has 2 unspecified atom stereocenters. The molecular weight excluding hydrogens is 332 g/mol. The van der Waals surface area contributed by atoms with Gasteiger partial charge in [-0.05, 0) is 43.7 Å². The molecule has 4 amide bonds. The summed E-state index contributed by atoms with van der Waals surface area (Å²) in [5.74, 6) is -0.451. The molecule has 24 heavy (non-hydrogen) atoms. The number of anilines is 1. The Hall–Kier alpha value is -2.12. The zero-order valence-corrected chi connectivity index (χ0v) is 13.8. The number of nitrogens with one attached hydrogen (secondary N) is 3. The molecule has 2 aliphatic rings. The first kappa shape index (κ1) is 16.7. The number of carbonyl (C=O) groups is 3. The van der Waals surface area contributed by atoms with E-state index < -0.39 is 12.1 Å². The van der Waals surface area contributed by atoms with Crippen LogP contribution in [0.2, 0.25) is 5.02 Å². The molecule has 7 nitrogen and oxygen atoms in total. The SMILES string of the molecule is O=C(CCC1NC(=O)N(c2ccc(Cl)cc2)C1=O)NC1CCNC1. The van der Waals surface area contributed by atoms with E-state index >= 15 is 0 Å². The van der Waals surface area contributed by atoms with E-state index in [0.29, 0.717) is 10.7 Å². The number of hydrogen-bond acceptors (Lipinski definition) is 4. The predicted molar refractivity (Wildman–Crippen MR) is 89.9 cm³/mol. The van der Waals surface area contributed by atoms with Gasteiger partial charge in [-0.1, -0.05) is 11.6 Å². The summed E-state index contributed by atoms with van der Waals surface area (Å²) in [6, 6.07) is 5.46. The van der Waals surface area contributed by atoms with Crippen LogP contribution in [0, 0.1) is 0 Å². The van der Waals surface area contributed by atoms with Gasteiger partial charge in [-0.2, -0.15) is 0 Å². The van der Waals surface area contributed by atoms with Crippen LogP contribution in [0.1, 0.15) is 19.3 Å². The average molecular weight is 351 g/mol. The van der Waals surface area contributed by atoms with Gasteiger partial charge in [-0.3, -0.25) is 9.59 Å².